The van der Waals surface area contributed by atoms with Gasteiger partial charge in [-0.15, -0.1) is 11.3 Å². The first-order valence-corrected chi connectivity index (χ1v) is 7.57. The van der Waals surface area contributed by atoms with Crippen LogP contribution in [0.4, 0.5) is 0 Å². The number of aryl methyl sites for hydroxylation is 2. The van der Waals surface area contributed by atoms with E-state index in [2.05, 4.69) is 38.9 Å². The van der Waals surface area contributed by atoms with Crippen LogP contribution >= 0.6 is 23.1 Å². The molecule has 3 aromatic heterocycles. The molecule has 3 nitrogen and oxygen atoms in total. The van der Waals surface area contributed by atoms with Crippen molar-refractivity contribution in [3.05, 3.63) is 46.9 Å². The van der Waals surface area contributed by atoms with E-state index in [9.17, 15) is 0 Å². The number of aromatic nitrogens is 3. The third-order valence-corrected chi connectivity index (χ3v) is 4.86. The lowest BCUT2D eigenvalue weighted by molar-refractivity contribution is 1.09. The highest BCUT2D eigenvalue weighted by molar-refractivity contribution is 8.00. The third-order valence-electron chi connectivity index (χ3n) is 2.69. The molecule has 0 saturated heterocycles. The molecule has 3 aromatic rings. The molecule has 0 atom stereocenters. The van der Waals surface area contributed by atoms with Crippen LogP contribution in [0.15, 0.2) is 34.1 Å². The van der Waals surface area contributed by atoms with Gasteiger partial charge in [0.25, 0.3) is 0 Å². The van der Waals surface area contributed by atoms with Crippen LogP contribution in [0.2, 0.25) is 0 Å². The van der Waals surface area contributed by atoms with E-state index in [-0.39, 0.29) is 0 Å². The standard InChI is InChI=1S/C13H13N3S2/c1-9-7-17-13(14-9)18-8-11-6-16-10(2)4-3-5-12(16)15-11/h3-7H,8H2,1-2H3. The van der Waals surface area contributed by atoms with Crippen LogP contribution in [0, 0.1) is 13.8 Å². The Bertz CT molecular complexity index is 684. The summed E-state index contributed by atoms with van der Waals surface area (Å²) in [6.45, 7) is 4.12. The van der Waals surface area contributed by atoms with Gasteiger partial charge in [-0.1, -0.05) is 17.8 Å². The zero-order chi connectivity index (χ0) is 12.5. The Kier molecular flexibility index (Phi) is 3.09. The number of nitrogens with zero attached hydrogens (tertiary/aromatic N) is 3. The Morgan fingerprint density at radius 2 is 2.17 bits per heavy atom. The maximum atomic E-state index is 4.61. The molecule has 3 rings (SSSR count). The molecule has 0 aromatic carbocycles. The molecule has 18 heavy (non-hydrogen) atoms. The van der Waals surface area contributed by atoms with E-state index in [4.69, 9.17) is 0 Å². The monoisotopic (exact) mass is 275 g/mol. The molecule has 0 saturated carbocycles. The van der Waals surface area contributed by atoms with E-state index in [1.54, 1.807) is 23.1 Å². The molecule has 0 aliphatic heterocycles. The van der Waals surface area contributed by atoms with Gasteiger partial charge in [0.05, 0.1) is 5.69 Å². The number of thiazole rings is 1. The summed E-state index contributed by atoms with van der Waals surface area (Å²) in [4.78, 5) is 9.06. The quantitative estimate of drug-likeness (QED) is 0.683. The Morgan fingerprint density at radius 3 is 2.89 bits per heavy atom. The van der Waals surface area contributed by atoms with Gasteiger partial charge in [-0.2, -0.15) is 0 Å². The van der Waals surface area contributed by atoms with Gasteiger partial charge in [0, 0.05) is 28.7 Å². The summed E-state index contributed by atoms with van der Waals surface area (Å²) in [6.07, 6.45) is 2.11. The van der Waals surface area contributed by atoms with Crippen LogP contribution in [0.3, 0.4) is 0 Å². The summed E-state index contributed by atoms with van der Waals surface area (Å²) in [6, 6.07) is 6.17. The molecular weight excluding hydrogens is 262 g/mol. The number of rotatable bonds is 3. The predicted octanol–water partition coefficient (Wildman–Crippen LogP) is 3.70. The molecule has 0 bridgehead atoms. The van der Waals surface area contributed by atoms with Gasteiger partial charge in [0.15, 0.2) is 0 Å². The fourth-order valence-corrected chi connectivity index (χ4v) is 3.54. The minimum absolute atomic E-state index is 0.869. The number of hydrogen-bond donors (Lipinski definition) is 0. The summed E-state index contributed by atoms with van der Waals surface area (Å²) < 4.78 is 3.24. The second-order valence-corrected chi connectivity index (χ2v) is 6.25. The molecule has 92 valence electrons. The highest BCUT2D eigenvalue weighted by Crippen LogP contribution is 2.25. The lowest BCUT2D eigenvalue weighted by Crippen LogP contribution is -1.86. The molecule has 5 heteroatoms. The highest BCUT2D eigenvalue weighted by Gasteiger charge is 2.05. The molecule has 0 aliphatic carbocycles. The first-order valence-electron chi connectivity index (χ1n) is 5.71. The minimum Gasteiger partial charge on any atom is -0.304 e. The van der Waals surface area contributed by atoms with Gasteiger partial charge in [0.2, 0.25) is 0 Å². The van der Waals surface area contributed by atoms with Crippen molar-refractivity contribution >= 4 is 28.7 Å². The minimum atomic E-state index is 0.869. The fourth-order valence-electron chi connectivity index (χ4n) is 1.80. The van der Waals surface area contributed by atoms with Crippen LogP contribution < -0.4 is 0 Å². The Morgan fingerprint density at radius 1 is 1.28 bits per heavy atom. The Hall–Kier alpha value is -1.33. The molecule has 0 spiro atoms. The van der Waals surface area contributed by atoms with Crippen LogP contribution in [0.1, 0.15) is 17.1 Å². The van der Waals surface area contributed by atoms with Gasteiger partial charge in [0.1, 0.15) is 9.99 Å². The van der Waals surface area contributed by atoms with Crippen molar-refractivity contribution in [1.82, 2.24) is 14.4 Å². The van der Waals surface area contributed by atoms with Gasteiger partial charge in [-0.25, -0.2) is 9.97 Å². The second-order valence-electron chi connectivity index (χ2n) is 4.17. The van der Waals surface area contributed by atoms with Crippen LogP contribution in [-0.2, 0) is 5.75 Å². The normalized spacial score (nSPS) is 11.2. The van der Waals surface area contributed by atoms with E-state index in [0.717, 1.165) is 27.1 Å². The number of thioether (sulfide) groups is 1. The van der Waals surface area contributed by atoms with Crippen molar-refractivity contribution in [1.29, 1.82) is 0 Å². The molecule has 0 N–H and O–H groups in total. The molecule has 0 fully saturated rings. The van der Waals surface area contributed by atoms with E-state index < -0.39 is 0 Å². The average molecular weight is 275 g/mol. The van der Waals surface area contributed by atoms with E-state index in [0.29, 0.717) is 0 Å². The SMILES string of the molecule is Cc1csc(SCc2cn3c(C)cccc3n2)n1. The zero-order valence-electron chi connectivity index (χ0n) is 10.3. The molecular formula is C13H13N3S2. The van der Waals surface area contributed by atoms with Crippen LogP contribution in [0.25, 0.3) is 5.65 Å². The van der Waals surface area contributed by atoms with Crippen molar-refractivity contribution in [2.45, 2.75) is 23.9 Å². The molecule has 0 unspecified atom stereocenters. The summed E-state index contributed by atoms with van der Waals surface area (Å²) >= 11 is 3.44. The average Bonchev–Trinajstić information content (AvgIpc) is 2.93. The Balaban J connectivity index is 1.81. The lowest BCUT2D eigenvalue weighted by Gasteiger charge is -1.95. The topological polar surface area (TPSA) is 30.2 Å². The van der Waals surface area contributed by atoms with Crippen LogP contribution in [0.5, 0.6) is 0 Å². The molecule has 0 aliphatic rings. The summed E-state index contributed by atoms with van der Waals surface area (Å²) in [5, 5.41) is 2.08. The molecule has 3 heterocycles. The van der Waals surface area contributed by atoms with Crippen molar-refractivity contribution < 1.29 is 0 Å². The first kappa shape index (κ1) is 11.7. The van der Waals surface area contributed by atoms with Crippen molar-refractivity contribution in [3.8, 4) is 0 Å². The lowest BCUT2D eigenvalue weighted by atomic mass is 10.4. The number of hydrogen-bond acceptors (Lipinski definition) is 4. The molecule has 0 amide bonds. The molecule has 0 radical (unpaired) electrons. The summed E-state index contributed by atoms with van der Waals surface area (Å²) in [5.41, 5.74) is 4.41. The summed E-state index contributed by atoms with van der Waals surface area (Å²) in [7, 11) is 0. The predicted molar refractivity (Wildman–Crippen MR) is 76.3 cm³/mol. The maximum absolute atomic E-state index is 4.61. The highest BCUT2D eigenvalue weighted by atomic mass is 32.2. The number of fused-ring (bicyclic) bond motifs is 1. The largest absolute Gasteiger partial charge is 0.304 e. The maximum Gasteiger partial charge on any atom is 0.150 e. The fraction of sp³-hybridized carbons (Fsp3) is 0.231. The third kappa shape index (κ3) is 2.28. The zero-order valence-corrected chi connectivity index (χ0v) is 11.9. The van der Waals surface area contributed by atoms with E-state index in [1.807, 2.05) is 19.1 Å². The van der Waals surface area contributed by atoms with Crippen molar-refractivity contribution in [3.63, 3.8) is 0 Å². The van der Waals surface area contributed by atoms with E-state index >= 15 is 0 Å². The summed E-state index contributed by atoms with van der Waals surface area (Å²) in [5.74, 6) is 0.869. The van der Waals surface area contributed by atoms with Gasteiger partial charge in [-0.3, -0.25) is 0 Å². The van der Waals surface area contributed by atoms with Gasteiger partial charge < -0.3 is 4.40 Å². The van der Waals surface area contributed by atoms with Gasteiger partial charge in [-0.05, 0) is 26.0 Å². The second kappa shape index (κ2) is 4.74. The number of pyridine rings is 1. The Labute approximate surface area is 114 Å². The van der Waals surface area contributed by atoms with Crippen molar-refractivity contribution in [2.75, 3.05) is 0 Å². The van der Waals surface area contributed by atoms with E-state index in [1.165, 1.54) is 5.69 Å². The van der Waals surface area contributed by atoms with Crippen LogP contribution in [-0.4, -0.2) is 14.4 Å². The van der Waals surface area contributed by atoms with Gasteiger partial charge >= 0.3 is 0 Å². The smallest absolute Gasteiger partial charge is 0.150 e. The first-order chi connectivity index (χ1) is 8.72. The number of imidazole rings is 1. The van der Waals surface area contributed by atoms with Crippen molar-refractivity contribution in [2.24, 2.45) is 0 Å².